The standard InChI is InChI=1S/C14H17ClN4O/c1-9(2)17-6-10-4-3-5-12(15)13(10)19-8-11(7-18-19)14(16)20/h3-5,7-9,17H,6H2,1-2H3,(H2,16,20). The third-order valence-corrected chi connectivity index (χ3v) is 3.17. The Morgan fingerprint density at radius 2 is 2.25 bits per heavy atom. The molecule has 5 nitrogen and oxygen atoms in total. The molecule has 0 aliphatic carbocycles. The van der Waals surface area contributed by atoms with Gasteiger partial charge in [-0.3, -0.25) is 4.79 Å². The lowest BCUT2D eigenvalue weighted by molar-refractivity contribution is 0.100. The van der Waals surface area contributed by atoms with Gasteiger partial charge in [-0.2, -0.15) is 5.10 Å². The first-order chi connectivity index (χ1) is 9.49. The molecule has 1 aromatic carbocycles. The lowest BCUT2D eigenvalue weighted by atomic mass is 10.1. The van der Waals surface area contributed by atoms with Gasteiger partial charge in [0.1, 0.15) is 0 Å². The van der Waals surface area contributed by atoms with Crippen molar-refractivity contribution in [3.05, 3.63) is 46.7 Å². The van der Waals surface area contributed by atoms with Gasteiger partial charge < -0.3 is 11.1 Å². The Morgan fingerprint density at radius 3 is 2.85 bits per heavy atom. The number of primary amides is 1. The smallest absolute Gasteiger partial charge is 0.251 e. The molecule has 0 bridgehead atoms. The second-order valence-corrected chi connectivity index (χ2v) is 5.23. The number of rotatable bonds is 5. The molecule has 0 fully saturated rings. The Kier molecular flexibility index (Phi) is 4.42. The summed E-state index contributed by atoms with van der Waals surface area (Å²) in [5, 5.41) is 8.07. The number of nitrogens with two attached hydrogens (primary N) is 1. The van der Waals surface area contributed by atoms with E-state index in [1.165, 1.54) is 6.20 Å². The van der Waals surface area contributed by atoms with Crippen LogP contribution in [-0.4, -0.2) is 21.7 Å². The zero-order valence-electron chi connectivity index (χ0n) is 11.4. The second kappa shape index (κ2) is 6.07. The molecule has 20 heavy (non-hydrogen) atoms. The van der Waals surface area contributed by atoms with Crippen molar-refractivity contribution in [1.29, 1.82) is 0 Å². The van der Waals surface area contributed by atoms with Gasteiger partial charge in [0, 0.05) is 18.8 Å². The summed E-state index contributed by atoms with van der Waals surface area (Å²) in [5.41, 5.74) is 7.36. The Morgan fingerprint density at radius 1 is 1.50 bits per heavy atom. The van der Waals surface area contributed by atoms with Crippen molar-refractivity contribution < 1.29 is 4.79 Å². The summed E-state index contributed by atoms with van der Waals surface area (Å²) in [4.78, 5) is 11.2. The van der Waals surface area contributed by atoms with Crippen molar-refractivity contribution >= 4 is 17.5 Å². The largest absolute Gasteiger partial charge is 0.366 e. The fourth-order valence-electron chi connectivity index (χ4n) is 1.85. The van der Waals surface area contributed by atoms with Crippen molar-refractivity contribution in [3.63, 3.8) is 0 Å². The molecule has 2 aromatic rings. The highest BCUT2D eigenvalue weighted by atomic mass is 35.5. The molecule has 106 valence electrons. The first-order valence-corrected chi connectivity index (χ1v) is 6.72. The molecule has 6 heteroatoms. The van der Waals surface area contributed by atoms with E-state index >= 15 is 0 Å². The van der Waals surface area contributed by atoms with Gasteiger partial charge in [0.15, 0.2) is 0 Å². The lowest BCUT2D eigenvalue weighted by Gasteiger charge is -2.14. The third-order valence-electron chi connectivity index (χ3n) is 2.87. The summed E-state index contributed by atoms with van der Waals surface area (Å²) in [6, 6.07) is 6.02. The van der Waals surface area contributed by atoms with Crippen LogP contribution in [0.4, 0.5) is 0 Å². The molecule has 0 saturated carbocycles. The van der Waals surface area contributed by atoms with E-state index in [1.807, 2.05) is 12.1 Å². The zero-order chi connectivity index (χ0) is 14.7. The Labute approximate surface area is 122 Å². The first-order valence-electron chi connectivity index (χ1n) is 6.34. The highest BCUT2D eigenvalue weighted by molar-refractivity contribution is 6.32. The third kappa shape index (κ3) is 3.18. The van der Waals surface area contributed by atoms with E-state index in [2.05, 4.69) is 24.3 Å². The minimum absolute atomic E-state index is 0.354. The molecule has 0 atom stereocenters. The predicted octanol–water partition coefficient (Wildman–Crippen LogP) is 2.12. The zero-order valence-corrected chi connectivity index (χ0v) is 12.2. The minimum Gasteiger partial charge on any atom is -0.366 e. The number of carbonyl (C=O) groups excluding carboxylic acids is 1. The minimum atomic E-state index is -0.509. The van der Waals surface area contributed by atoms with Crippen molar-refractivity contribution in [1.82, 2.24) is 15.1 Å². The Balaban J connectivity index is 2.40. The first kappa shape index (κ1) is 14.6. The number of amides is 1. The molecule has 0 unspecified atom stereocenters. The van der Waals surface area contributed by atoms with Crippen LogP contribution in [0.15, 0.2) is 30.6 Å². The number of carbonyl (C=O) groups is 1. The fraction of sp³-hybridized carbons (Fsp3) is 0.286. The van der Waals surface area contributed by atoms with E-state index in [0.717, 1.165) is 11.3 Å². The number of hydrogen-bond donors (Lipinski definition) is 2. The molecule has 2 rings (SSSR count). The maximum absolute atomic E-state index is 11.2. The average molecular weight is 293 g/mol. The van der Waals surface area contributed by atoms with Crippen molar-refractivity contribution in [2.75, 3.05) is 0 Å². The van der Waals surface area contributed by atoms with Gasteiger partial charge in [-0.25, -0.2) is 4.68 Å². The summed E-state index contributed by atoms with van der Waals surface area (Å²) < 4.78 is 1.58. The Bertz CT molecular complexity index is 621. The predicted molar refractivity (Wildman–Crippen MR) is 79.1 cm³/mol. The SMILES string of the molecule is CC(C)NCc1cccc(Cl)c1-n1cc(C(N)=O)cn1. The van der Waals surface area contributed by atoms with Gasteiger partial charge in [0.25, 0.3) is 5.91 Å². The van der Waals surface area contributed by atoms with Crippen molar-refractivity contribution in [3.8, 4) is 5.69 Å². The van der Waals surface area contributed by atoms with Gasteiger partial charge in [-0.1, -0.05) is 37.6 Å². The second-order valence-electron chi connectivity index (χ2n) is 4.82. The summed E-state index contributed by atoms with van der Waals surface area (Å²) >= 11 is 6.26. The van der Waals surface area contributed by atoms with E-state index in [4.69, 9.17) is 17.3 Å². The average Bonchev–Trinajstić information content (AvgIpc) is 2.85. The van der Waals surface area contributed by atoms with Crippen LogP contribution in [0.3, 0.4) is 0 Å². The summed E-state index contributed by atoms with van der Waals surface area (Å²) in [5.74, 6) is -0.509. The highest BCUT2D eigenvalue weighted by Gasteiger charge is 2.12. The van der Waals surface area contributed by atoms with E-state index in [-0.39, 0.29) is 0 Å². The molecule has 3 N–H and O–H groups in total. The van der Waals surface area contributed by atoms with E-state index in [1.54, 1.807) is 16.9 Å². The summed E-state index contributed by atoms with van der Waals surface area (Å²) in [7, 11) is 0. The lowest BCUT2D eigenvalue weighted by Crippen LogP contribution is -2.22. The van der Waals surface area contributed by atoms with Gasteiger partial charge >= 0.3 is 0 Å². The summed E-state index contributed by atoms with van der Waals surface area (Å²) in [6.07, 6.45) is 3.02. The number of hydrogen-bond acceptors (Lipinski definition) is 3. The van der Waals surface area contributed by atoms with Crippen LogP contribution in [-0.2, 0) is 6.54 Å². The number of halogens is 1. The molecule has 1 amide bonds. The monoisotopic (exact) mass is 292 g/mol. The number of para-hydroxylation sites is 1. The number of aromatic nitrogens is 2. The normalized spacial score (nSPS) is 11.0. The fourth-order valence-corrected chi connectivity index (χ4v) is 2.13. The van der Waals surface area contributed by atoms with Gasteiger partial charge in [0.2, 0.25) is 0 Å². The van der Waals surface area contributed by atoms with Crippen LogP contribution < -0.4 is 11.1 Å². The molecule has 0 aliphatic rings. The van der Waals surface area contributed by atoms with Crippen molar-refractivity contribution in [2.24, 2.45) is 5.73 Å². The number of nitrogens with one attached hydrogen (secondary N) is 1. The molecule has 1 heterocycles. The number of benzene rings is 1. The maximum atomic E-state index is 11.2. The van der Waals surface area contributed by atoms with E-state index < -0.39 is 5.91 Å². The van der Waals surface area contributed by atoms with Crippen LogP contribution in [0.5, 0.6) is 0 Å². The van der Waals surface area contributed by atoms with Crippen LogP contribution >= 0.6 is 11.6 Å². The van der Waals surface area contributed by atoms with Crippen LogP contribution in [0, 0.1) is 0 Å². The van der Waals surface area contributed by atoms with Crippen molar-refractivity contribution in [2.45, 2.75) is 26.4 Å². The Hall–Kier alpha value is -1.85. The molecule has 0 spiro atoms. The molecule has 0 aliphatic heterocycles. The van der Waals surface area contributed by atoms with E-state index in [0.29, 0.717) is 23.2 Å². The van der Waals surface area contributed by atoms with Crippen LogP contribution in [0.1, 0.15) is 29.8 Å². The highest BCUT2D eigenvalue weighted by Crippen LogP contribution is 2.24. The molecule has 0 radical (unpaired) electrons. The van der Waals surface area contributed by atoms with Crippen LogP contribution in [0.2, 0.25) is 5.02 Å². The number of nitrogens with zero attached hydrogens (tertiary/aromatic N) is 2. The molecular weight excluding hydrogens is 276 g/mol. The molecule has 1 aromatic heterocycles. The molecular formula is C14H17ClN4O. The topological polar surface area (TPSA) is 72.9 Å². The molecule has 0 saturated heterocycles. The maximum Gasteiger partial charge on any atom is 0.251 e. The van der Waals surface area contributed by atoms with E-state index in [9.17, 15) is 4.79 Å². The van der Waals surface area contributed by atoms with Crippen LogP contribution in [0.25, 0.3) is 5.69 Å². The quantitative estimate of drug-likeness (QED) is 0.886. The van der Waals surface area contributed by atoms with Gasteiger partial charge in [-0.15, -0.1) is 0 Å². The van der Waals surface area contributed by atoms with Gasteiger partial charge in [-0.05, 0) is 11.6 Å². The summed E-state index contributed by atoms with van der Waals surface area (Å²) in [6.45, 7) is 4.81. The van der Waals surface area contributed by atoms with Gasteiger partial charge in [0.05, 0.1) is 22.5 Å².